The van der Waals surface area contributed by atoms with Crippen LogP contribution in [0.1, 0.15) is 31.0 Å². The smallest absolute Gasteiger partial charge is 0.411 e. The molecule has 8 nitrogen and oxygen atoms in total. The molecule has 1 amide bonds. The number of hydrogen-bond acceptors (Lipinski definition) is 6. The van der Waals surface area contributed by atoms with Crippen molar-refractivity contribution in [3.63, 3.8) is 0 Å². The third-order valence-electron chi connectivity index (χ3n) is 6.00. The highest BCUT2D eigenvalue weighted by Crippen LogP contribution is 2.25. The second-order valence-electron chi connectivity index (χ2n) is 8.29. The average molecular weight is 447 g/mol. The fourth-order valence-electron chi connectivity index (χ4n) is 3.95. The van der Waals surface area contributed by atoms with Crippen molar-refractivity contribution in [3.8, 4) is 11.8 Å². The molecule has 33 heavy (non-hydrogen) atoms. The molecule has 1 N–H and O–H groups in total. The van der Waals surface area contributed by atoms with Gasteiger partial charge in [0.15, 0.2) is 0 Å². The van der Waals surface area contributed by atoms with Crippen LogP contribution in [0, 0.1) is 23.2 Å². The molecule has 0 spiro atoms. The predicted octanol–water partition coefficient (Wildman–Crippen LogP) is 3.26. The molecule has 8 heteroatoms. The van der Waals surface area contributed by atoms with E-state index in [0.717, 1.165) is 23.4 Å². The molecule has 0 saturated carbocycles. The Kier molecular flexibility index (Phi) is 7.01. The molecule has 170 valence electrons. The first-order valence-corrected chi connectivity index (χ1v) is 11.0. The average Bonchev–Trinajstić information content (AvgIpc) is 3.35. The summed E-state index contributed by atoms with van der Waals surface area (Å²) in [4.78, 5) is 24.8. The standard InChI is InChI=1S/C25H26N4O4/c1-17-20(3-2-4-22(17)27-25(31)33-16-19-10-12-32-15-19)13-23-24(30)9-11-29(28-23)21-7-5-18(14-26)6-8-21/h2-3,5-9,11,19-20H,4,10,12-13,15-16H2,1H3,(H,27,31). The molecule has 2 aromatic rings. The van der Waals surface area contributed by atoms with Gasteiger partial charge >= 0.3 is 6.09 Å². The number of alkyl carbamates (subject to hydrolysis) is 1. The Morgan fingerprint density at radius 2 is 2.15 bits per heavy atom. The van der Waals surface area contributed by atoms with E-state index in [9.17, 15) is 9.59 Å². The molecule has 1 fully saturated rings. The first kappa shape index (κ1) is 22.5. The number of ether oxygens (including phenoxy) is 2. The van der Waals surface area contributed by atoms with Crippen LogP contribution in [0.5, 0.6) is 0 Å². The van der Waals surface area contributed by atoms with Crippen LogP contribution in [0.25, 0.3) is 5.69 Å². The van der Waals surface area contributed by atoms with E-state index in [2.05, 4.69) is 16.5 Å². The largest absolute Gasteiger partial charge is 0.449 e. The van der Waals surface area contributed by atoms with Gasteiger partial charge in [0, 0.05) is 49.2 Å². The summed E-state index contributed by atoms with van der Waals surface area (Å²) >= 11 is 0. The van der Waals surface area contributed by atoms with E-state index in [0.29, 0.717) is 43.9 Å². The van der Waals surface area contributed by atoms with Crippen molar-refractivity contribution >= 4 is 6.09 Å². The summed E-state index contributed by atoms with van der Waals surface area (Å²) in [6.07, 6.45) is 7.10. The summed E-state index contributed by atoms with van der Waals surface area (Å²) in [5.74, 6) is 0.196. The molecule has 1 aliphatic heterocycles. The normalized spacial score (nSPS) is 19.9. The van der Waals surface area contributed by atoms with Gasteiger partial charge < -0.3 is 9.47 Å². The molecular formula is C25H26N4O4. The summed E-state index contributed by atoms with van der Waals surface area (Å²) in [5.41, 5.74) is 3.38. The number of benzene rings is 1. The van der Waals surface area contributed by atoms with Gasteiger partial charge in [-0.05, 0) is 43.2 Å². The van der Waals surface area contributed by atoms with Crippen molar-refractivity contribution in [2.24, 2.45) is 11.8 Å². The van der Waals surface area contributed by atoms with E-state index in [4.69, 9.17) is 14.7 Å². The quantitative estimate of drug-likeness (QED) is 0.683. The third-order valence-corrected chi connectivity index (χ3v) is 6.00. The number of carbonyl (C=O) groups excluding carboxylic acids is 1. The fourth-order valence-corrected chi connectivity index (χ4v) is 3.95. The van der Waals surface area contributed by atoms with Crippen LogP contribution in [0.4, 0.5) is 4.79 Å². The maximum absolute atomic E-state index is 12.5. The van der Waals surface area contributed by atoms with Gasteiger partial charge in [-0.15, -0.1) is 0 Å². The van der Waals surface area contributed by atoms with Gasteiger partial charge in [-0.2, -0.15) is 10.4 Å². The number of nitrogens with one attached hydrogen (secondary N) is 1. The zero-order valence-corrected chi connectivity index (χ0v) is 18.5. The number of nitriles is 1. The number of carbonyl (C=O) groups is 1. The maximum Gasteiger partial charge on any atom is 0.411 e. The van der Waals surface area contributed by atoms with E-state index in [-0.39, 0.29) is 17.3 Å². The van der Waals surface area contributed by atoms with E-state index in [1.54, 1.807) is 35.1 Å². The second-order valence-corrected chi connectivity index (χ2v) is 8.29. The highest BCUT2D eigenvalue weighted by molar-refractivity contribution is 5.70. The summed E-state index contributed by atoms with van der Waals surface area (Å²) in [6, 6.07) is 10.6. The first-order valence-electron chi connectivity index (χ1n) is 11.0. The van der Waals surface area contributed by atoms with E-state index in [1.165, 1.54) is 6.07 Å². The van der Waals surface area contributed by atoms with Gasteiger partial charge in [0.2, 0.25) is 5.43 Å². The number of allylic oxidation sites excluding steroid dienone is 3. The molecule has 2 heterocycles. The minimum absolute atomic E-state index is 0.0608. The van der Waals surface area contributed by atoms with Crippen LogP contribution in [-0.2, 0) is 15.9 Å². The summed E-state index contributed by atoms with van der Waals surface area (Å²) in [6.45, 7) is 3.65. The van der Waals surface area contributed by atoms with Crippen LogP contribution in [0.3, 0.4) is 0 Å². The highest BCUT2D eigenvalue weighted by Gasteiger charge is 2.22. The predicted molar refractivity (Wildman–Crippen MR) is 122 cm³/mol. The van der Waals surface area contributed by atoms with Gasteiger partial charge in [-0.1, -0.05) is 12.2 Å². The van der Waals surface area contributed by atoms with Crippen molar-refractivity contribution in [3.05, 3.63) is 81.4 Å². The molecule has 1 aromatic carbocycles. The van der Waals surface area contributed by atoms with Crippen LogP contribution in [0.15, 0.2) is 64.7 Å². The Hall–Kier alpha value is -3.70. The number of hydrogen-bond donors (Lipinski definition) is 1. The highest BCUT2D eigenvalue weighted by atomic mass is 16.6. The lowest BCUT2D eigenvalue weighted by Gasteiger charge is -2.22. The third kappa shape index (κ3) is 5.57. The first-order chi connectivity index (χ1) is 16.0. The van der Waals surface area contributed by atoms with Crippen LogP contribution in [-0.4, -0.2) is 35.7 Å². The number of aromatic nitrogens is 2. The molecule has 1 aromatic heterocycles. The Bertz CT molecular complexity index is 1170. The topological polar surface area (TPSA) is 106 Å². The van der Waals surface area contributed by atoms with Crippen molar-refractivity contribution in [2.45, 2.75) is 26.2 Å². The summed E-state index contributed by atoms with van der Waals surface area (Å²) in [7, 11) is 0. The number of amides is 1. The Morgan fingerprint density at radius 1 is 1.33 bits per heavy atom. The zero-order valence-electron chi connectivity index (χ0n) is 18.5. The van der Waals surface area contributed by atoms with E-state index >= 15 is 0 Å². The second kappa shape index (κ2) is 10.3. The lowest BCUT2D eigenvalue weighted by atomic mass is 9.88. The molecule has 1 aliphatic carbocycles. The van der Waals surface area contributed by atoms with Crippen LogP contribution >= 0.6 is 0 Å². The molecule has 2 unspecified atom stereocenters. The number of rotatable bonds is 6. The van der Waals surface area contributed by atoms with Crippen molar-refractivity contribution in [2.75, 3.05) is 19.8 Å². The molecule has 2 atom stereocenters. The van der Waals surface area contributed by atoms with Crippen molar-refractivity contribution in [1.29, 1.82) is 5.26 Å². The Morgan fingerprint density at radius 3 is 2.88 bits per heavy atom. The van der Waals surface area contributed by atoms with Crippen molar-refractivity contribution < 1.29 is 14.3 Å². The van der Waals surface area contributed by atoms with Crippen LogP contribution in [0.2, 0.25) is 0 Å². The number of nitrogens with zero attached hydrogens (tertiary/aromatic N) is 3. The van der Waals surface area contributed by atoms with Crippen LogP contribution < -0.4 is 10.7 Å². The Balaban J connectivity index is 1.45. The van der Waals surface area contributed by atoms with Gasteiger partial charge in [0.05, 0.1) is 30.5 Å². The minimum atomic E-state index is -0.466. The van der Waals surface area contributed by atoms with Gasteiger partial charge in [-0.3, -0.25) is 10.1 Å². The lowest BCUT2D eigenvalue weighted by molar-refractivity contribution is 0.118. The summed E-state index contributed by atoms with van der Waals surface area (Å²) in [5, 5.41) is 16.4. The zero-order chi connectivity index (χ0) is 23.2. The molecule has 4 rings (SSSR count). The minimum Gasteiger partial charge on any atom is -0.449 e. The summed E-state index contributed by atoms with van der Waals surface area (Å²) < 4.78 is 12.3. The molecular weight excluding hydrogens is 420 g/mol. The molecule has 1 saturated heterocycles. The Labute approximate surface area is 192 Å². The fraction of sp³-hybridized carbons (Fsp3) is 0.360. The van der Waals surface area contributed by atoms with E-state index in [1.807, 2.05) is 19.1 Å². The lowest BCUT2D eigenvalue weighted by Crippen LogP contribution is -2.29. The molecule has 0 bridgehead atoms. The van der Waals surface area contributed by atoms with Gasteiger partial charge in [0.25, 0.3) is 0 Å². The molecule has 0 radical (unpaired) electrons. The maximum atomic E-state index is 12.5. The van der Waals surface area contributed by atoms with Gasteiger partial charge in [-0.25, -0.2) is 9.48 Å². The molecule has 2 aliphatic rings. The monoisotopic (exact) mass is 446 g/mol. The van der Waals surface area contributed by atoms with Crippen molar-refractivity contribution in [1.82, 2.24) is 15.1 Å². The van der Waals surface area contributed by atoms with Gasteiger partial charge in [0.1, 0.15) is 5.69 Å². The SMILES string of the molecule is CC1=C(NC(=O)OCC2CCOC2)CC=CC1Cc1nn(-c2ccc(C#N)cc2)ccc1=O. The van der Waals surface area contributed by atoms with E-state index < -0.39 is 6.09 Å².